The lowest BCUT2D eigenvalue weighted by Gasteiger charge is -2.32. The van der Waals surface area contributed by atoms with Gasteiger partial charge in [-0.25, -0.2) is 0 Å². The zero-order valence-electron chi connectivity index (χ0n) is 17.4. The third-order valence-corrected chi connectivity index (χ3v) is 5.60. The van der Waals surface area contributed by atoms with Crippen LogP contribution in [0.5, 0.6) is 0 Å². The lowest BCUT2D eigenvalue weighted by atomic mass is 10.0. The molecular weight excluding hydrogens is 360 g/mol. The number of hydrogen-bond donors (Lipinski definition) is 1. The van der Waals surface area contributed by atoms with Gasteiger partial charge >= 0.3 is 0 Å². The minimum absolute atomic E-state index is 0.0116. The Hall–Kier alpha value is -2.46. The minimum Gasteiger partial charge on any atom is -0.353 e. The van der Waals surface area contributed by atoms with Gasteiger partial charge in [-0.2, -0.15) is 0 Å². The molecule has 1 aliphatic heterocycles. The average Bonchev–Trinajstić information content (AvgIpc) is 2.75. The zero-order chi connectivity index (χ0) is 20.5. The van der Waals surface area contributed by atoms with Crippen LogP contribution in [0.3, 0.4) is 0 Å². The molecule has 4 nitrogen and oxygen atoms in total. The van der Waals surface area contributed by atoms with E-state index < -0.39 is 0 Å². The fourth-order valence-electron chi connectivity index (χ4n) is 3.89. The van der Waals surface area contributed by atoms with Crippen molar-refractivity contribution < 1.29 is 9.59 Å². The van der Waals surface area contributed by atoms with E-state index in [2.05, 4.69) is 41.4 Å². The van der Waals surface area contributed by atoms with Crippen LogP contribution in [0.1, 0.15) is 60.5 Å². The number of nitrogens with one attached hydrogen (secondary N) is 1. The predicted molar refractivity (Wildman–Crippen MR) is 117 cm³/mol. The molecule has 1 aliphatic rings. The van der Waals surface area contributed by atoms with Gasteiger partial charge in [0.1, 0.15) is 0 Å². The fraction of sp³-hybridized carbons (Fsp3) is 0.440. The molecule has 1 heterocycles. The molecule has 154 valence electrons. The Balaban J connectivity index is 1.36. The highest BCUT2D eigenvalue weighted by atomic mass is 16.2. The third-order valence-electron chi connectivity index (χ3n) is 5.60. The second-order valence-electron chi connectivity index (χ2n) is 7.97. The first-order chi connectivity index (χ1) is 14.1. The second-order valence-corrected chi connectivity index (χ2v) is 7.97. The van der Waals surface area contributed by atoms with Crippen molar-refractivity contribution in [2.45, 2.75) is 58.0 Å². The smallest absolute Gasteiger partial charge is 0.220 e. The largest absolute Gasteiger partial charge is 0.353 e. The Morgan fingerprint density at radius 1 is 0.931 bits per heavy atom. The molecule has 0 saturated carbocycles. The van der Waals surface area contributed by atoms with Crippen LogP contribution in [0, 0.1) is 0 Å². The van der Waals surface area contributed by atoms with Crippen LogP contribution in [0.25, 0.3) is 0 Å². The number of amides is 1. The van der Waals surface area contributed by atoms with Crippen LogP contribution >= 0.6 is 0 Å². The molecule has 1 amide bonds. The van der Waals surface area contributed by atoms with Gasteiger partial charge in [0.05, 0.1) is 0 Å². The monoisotopic (exact) mass is 392 g/mol. The quantitative estimate of drug-likeness (QED) is 0.644. The number of Topliss-reactive ketones (excluding diaryl/α,β-unsaturated/α-hetero) is 1. The Morgan fingerprint density at radius 3 is 2.28 bits per heavy atom. The molecule has 0 bridgehead atoms. The van der Waals surface area contributed by atoms with E-state index in [1.54, 1.807) is 0 Å². The van der Waals surface area contributed by atoms with Crippen molar-refractivity contribution in [1.82, 2.24) is 10.2 Å². The number of benzene rings is 2. The van der Waals surface area contributed by atoms with Crippen LogP contribution < -0.4 is 5.32 Å². The van der Waals surface area contributed by atoms with Gasteiger partial charge in [-0.05, 0) is 30.4 Å². The Morgan fingerprint density at radius 2 is 1.62 bits per heavy atom. The summed E-state index contributed by atoms with van der Waals surface area (Å²) in [7, 11) is 0. The van der Waals surface area contributed by atoms with Crippen molar-refractivity contribution in [2.24, 2.45) is 0 Å². The van der Waals surface area contributed by atoms with Crippen LogP contribution in [-0.4, -0.2) is 35.7 Å². The molecule has 3 rings (SSSR count). The van der Waals surface area contributed by atoms with E-state index >= 15 is 0 Å². The van der Waals surface area contributed by atoms with Crippen LogP contribution in [0.15, 0.2) is 54.6 Å². The molecule has 1 N–H and O–H groups in total. The molecule has 4 heteroatoms. The molecule has 0 aromatic heterocycles. The highest BCUT2D eigenvalue weighted by Gasteiger charge is 2.21. The highest BCUT2D eigenvalue weighted by molar-refractivity contribution is 5.98. The standard InChI is InChI=1S/C25H32N2O2/c1-2-6-20-9-11-22(12-10-20)24(28)13-14-25(29)26-23-15-17-27(18-16-23)19-21-7-4-3-5-8-21/h3-5,7-12,23H,2,6,13-19H2,1H3,(H,26,29). The van der Waals surface area contributed by atoms with Gasteiger partial charge < -0.3 is 5.32 Å². The Labute approximate surface area is 174 Å². The van der Waals surface area contributed by atoms with Gasteiger partial charge in [0.25, 0.3) is 0 Å². The molecule has 2 aromatic carbocycles. The average molecular weight is 393 g/mol. The number of hydrogen-bond acceptors (Lipinski definition) is 3. The molecule has 2 aromatic rings. The van der Waals surface area contributed by atoms with Crippen molar-refractivity contribution in [2.75, 3.05) is 13.1 Å². The molecule has 0 spiro atoms. The highest BCUT2D eigenvalue weighted by Crippen LogP contribution is 2.15. The number of aryl methyl sites for hydroxylation is 1. The van der Waals surface area contributed by atoms with E-state index in [1.165, 1.54) is 11.1 Å². The normalized spacial score (nSPS) is 15.2. The van der Waals surface area contributed by atoms with Gasteiger partial charge in [0, 0.05) is 44.1 Å². The molecule has 0 atom stereocenters. The number of ketones is 1. The molecule has 29 heavy (non-hydrogen) atoms. The first kappa shape index (κ1) is 21.3. The maximum atomic E-state index is 12.3. The number of rotatable bonds is 9. The van der Waals surface area contributed by atoms with E-state index in [-0.39, 0.29) is 30.6 Å². The van der Waals surface area contributed by atoms with E-state index in [4.69, 9.17) is 0 Å². The number of nitrogens with zero attached hydrogens (tertiary/aromatic N) is 1. The van der Waals surface area contributed by atoms with E-state index in [0.29, 0.717) is 5.56 Å². The number of carbonyl (C=O) groups excluding carboxylic acids is 2. The van der Waals surface area contributed by atoms with Gasteiger partial charge in [-0.15, -0.1) is 0 Å². The lowest BCUT2D eigenvalue weighted by molar-refractivity contribution is -0.122. The molecule has 0 radical (unpaired) electrons. The summed E-state index contributed by atoms with van der Waals surface area (Å²) in [5.74, 6) is 0.0309. The maximum Gasteiger partial charge on any atom is 0.220 e. The molecule has 1 saturated heterocycles. The first-order valence-electron chi connectivity index (χ1n) is 10.8. The van der Waals surface area contributed by atoms with Crippen molar-refractivity contribution >= 4 is 11.7 Å². The Kier molecular flexibility index (Phi) is 8.00. The Bertz CT molecular complexity index is 778. The summed E-state index contributed by atoms with van der Waals surface area (Å²) in [6.07, 6.45) is 4.59. The lowest BCUT2D eigenvalue weighted by Crippen LogP contribution is -2.44. The summed E-state index contributed by atoms with van der Waals surface area (Å²) in [5, 5.41) is 3.12. The summed E-state index contributed by atoms with van der Waals surface area (Å²) in [6.45, 7) is 5.09. The zero-order valence-corrected chi connectivity index (χ0v) is 17.4. The fourth-order valence-corrected chi connectivity index (χ4v) is 3.89. The van der Waals surface area contributed by atoms with Gasteiger partial charge in [0.2, 0.25) is 5.91 Å². The maximum absolute atomic E-state index is 12.3. The van der Waals surface area contributed by atoms with Crippen molar-refractivity contribution in [3.8, 4) is 0 Å². The summed E-state index contributed by atoms with van der Waals surface area (Å²) < 4.78 is 0. The molecule has 0 aliphatic carbocycles. The van der Waals surface area contributed by atoms with Crippen molar-refractivity contribution in [3.63, 3.8) is 0 Å². The summed E-state index contributed by atoms with van der Waals surface area (Å²) >= 11 is 0. The van der Waals surface area contributed by atoms with Gasteiger partial charge in [0.15, 0.2) is 5.78 Å². The van der Waals surface area contributed by atoms with E-state index in [9.17, 15) is 9.59 Å². The topological polar surface area (TPSA) is 49.4 Å². The summed E-state index contributed by atoms with van der Waals surface area (Å²) in [6, 6.07) is 18.5. The number of likely N-dealkylation sites (tertiary alicyclic amines) is 1. The van der Waals surface area contributed by atoms with Crippen LogP contribution in [0.2, 0.25) is 0 Å². The van der Waals surface area contributed by atoms with Crippen LogP contribution in [0.4, 0.5) is 0 Å². The SMILES string of the molecule is CCCc1ccc(C(=O)CCC(=O)NC2CCN(Cc3ccccc3)CC2)cc1. The number of carbonyl (C=O) groups is 2. The summed E-state index contributed by atoms with van der Waals surface area (Å²) in [5.41, 5.74) is 3.28. The molecular formula is C25H32N2O2. The second kappa shape index (κ2) is 10.9. The minimum atomic E-state index is -0.0116. The summed E-state index contributed by atoms with van der Waals surface area (Å²) in [4.78, 5) is 27.1. The van der Waals surface area contributed by atoms with E-state index in [0.717, 1.165) is 45.3 Å². The van der Waals surface area contributed by atoms with Gasteiger partial charge in [-0.1, -0.05) is 67.9 Å². The van der Waals surface area contributed by atoms with E-state index in [1.807, 2.05) is 30.3 Å². The first-order valence-corrected chi connectivity index (χ1v) is 10.8. The number of piperidine rings is 1. The van der Waals surface area contributed by atoms with Crippen molar-refractivity contribution in [3.05, 3.63) is 71.3 Å². The molecule has 1 fully saturated rings. The van der Waals surface area contributed by atoms with Crippen molar-refractivity contribution in [1.29, 1.82) is 0 Å². The van der Waals surface area contributed by atoms with Crippen LogP contribution in [-0.2, 0) is 17.8 Å². The molecule has 0 unspecified atom stereocenters. The van der Waals surface area contributed by atoms with Gasteiger partial charge in [-0.3, -0.25) is 14.5 Å². The predicted octanol–water partition coefficient (Wildman–Crippen LogP) is 4.38. The third kappa shape index (κ3) is 6.82.